The van der Waals surface area contributed by atoms with Crippen LogP contribution in [0.1, 0.15) is 37.2 Å². The van der Waals surface area contributed by atoms with Gasteiger partial charge in [-0.3, -0.25) is 4.99 Å². The normalized spacial score (nSPS) is 26.9. The van der Waals surface area contributed by atoms with Crippen molar-refractivity contribution < 1.29 is 4.39 Å². The predicted octanol–water partition coefficient (Wildman–Crippen LogP) is 2.39. The van der Waals surface area contributed by atoms with Gasteiger partial charge in [0.1, 0.15) is 5.82 Å². The molecule has 0 radical (unpaired) electrons. The lowest BCUT2D eigenvalue weighted by atomic mass is 9.86. The Hall–Kier alpha value is -1.58. The Bertz CT molecular complexity index is 482. The topological polar surface area (TPSA) is 50.4 Å². The van der Waals surface area contributed by atoms with Gasteiger partial charge in [-0.15, -0.1) is 0 Å². The molecule has 3 N–H and O–H groups in total. The van der Waals surface area contributed by atoms with Gasteiger partial charge in [-0.2, -0.15) is 0 Å². The lowest BCUT2D eigenvalue weighted by molar-refractivity contribution is 0.326. The van der Waals surface area contributed by atoms with Crippen LogP contribution >= 0.6 is 0 Å². The molecule has 0 amide bonds. The van der Waals surface area contributed by atoms with Gasteiger partial charge in [0.15, 0.2) is 5.96 Å². The van der Waals surface area contributed by atoms with Crippen LogP contribution in [0.25, 0.3) is 0 Å². The van der Waals surface area contributed by atoms with E-state index in [4.69, 9.17) is 5.73 Å². The Labute approximate surface area is 113 Å². The number of nitrogens with one attached hydrogen (secondary N) is 1. The van der Waals surface area contributed by atoms with Crippen molar-refractivity contribution in [2.45, 2.75) is 37.6 Å². The molecule has 19 heavy (non-hydrogen) atoms. The van der Waals surface area contributed by atoms with Gasteiger partial charge < -0.3 is 11.1 Å². The summed E-state index contributed by atoms with van der Waals surface area (Å²) in [6.45, 7) is 0.829. The Morgan fingerprint density at radius 3 is 2.84 bits per heavy atom. The maximum absolute atomic E-state index is 13.6. The molecule has 0 spiro atoms. The Morgan fingerprint density at radius 1 is 1.37 bits per heavy atom. The molecule has 2 unspecified atom stereocenters. The lowest BCUT2D eigenvalue weighted by Crippen LogP contribution is -2.35. The molecule has 3 rings (SSSR count). The number of rotatable bonds is 4. The van der Waals surface area contributed by atoms with Crippen LogP contribution in [0.4, 0.5) is 4.39 Å². The number of benzene rings is 1. The third-order valence-electron chi connectivity index (χ3n) is 4.17. The molecule has 0 aliphatic heterocycles. The zero-order chi connectivity index (χ0) is 13.2. The van der Waals surface area contributed by atoms with Gasteiger partial charge >= 0.3 is 0 Å². The van der Waals surface area contributed by atoms with E-state index in [0.717, 1.165) is 24.4 Å². The summed E-state index contributed by atoms with van der Waals surface area (Å²) in [5, 5.41) is 3.19. The second-order valence-corrected chi connectivity index (χ2v) is 5.64. The van der Waals surface area contributed by atoms with Crippen LogP contribution in [0.5, 0.6) is 0 Å². The van der Waals surface area contributed by atoms with Crippen molar-refractivity contribution in [3.05, 3.63) is 35.6 Å². The van der Waals surface area contributed by atoms with E-state index in [0.29, 0.717) is 5.96 Å². The van der Waals surface area contributed by atoms with Gasteiger partial charge in [-0.25, -0.2) is 4.39 Å². The van der Waals surface area contributed by atoms with Crippen LogP contribution in [-0.2, 0) is 0 Å². The van der Waals surface area contributed by atoms with E-state index in [1.165, 1.54) is 25.3 Å². The third kappa shape index (κ3) is 2.88. The zero-order valence-electron chi connectivity index (χ0n) is 11.0. The molecule has 0 bridgehead atoms. The molecule has 0 heterocycles. The summed E-state index contributed by atoms with van der Waals surface area (Å²) in [6.07, 6.45) is 4.81. The van der Waals surface area contributed by atoms with E-state index in [1.54, 1.807) is 6.07 Å². The van der Waals surface area contributed by atoms with Crippen LogP contribution in [-0.4, -0.2) is 18.5 Å². The van der Waals surface area contributed by atoms with Crippen LogP contribution in [0, 0.1) is 11.7 Å². The smallest absolute Gasteiger partial charge is 0.188 e. The number of halogens is 1. The quantitative estimate of drug-likeness (QED) is 0.646. The summed E-state index contributed by atoms with van der Waals surface area (Å²) >= 11 is 0. The number of nitrogens with two attached hydrogens (primary N) is 1. The Morgan fingerprint density at radius 2 is 2.16 bits per heavy atom. The fourth-order valence-electron chi connectivity index (χ4n) is 2.61. The van der Waals surface area contributed by atoms with Crippen LogP contribution < -0.4 is 11.1 Å². The minimum Gasteiger partial charge on any atom is -0.370 e. The number of hydrogen-bond acceptors (Lipinski definition) is 1. The molecule has 2 aliphatic carbocycles. The molecule has 1 aromatic rings. The molecule has 2 aliphatic rings. The number of guanidine groups is 1. The van der Waals surface area contributed by atoms with E-state index >= 15 is 0 Å². The molecule has 3 nitrogen and oxygen atoms in total. The fraction of sp³-hybridized carbons (Fsp3) is 0.533. The second-order valence-electron chi connectivity index (χ2n) is 5.64. The van der Waals surface area contributed by atoms with Crippen molar-refractivity contribution in [3.8, 4) is 0 Å². The largest absolute Gasteiger partial charge is 0.370 e. The van der Waals surface area contributed by atoms with Crippen LogP contribution in [0.3, 0.4) is 0 Å². The maximum atomic E-state index is 13.6. The maximum Gasteiger partial charge on any atom is 0.188 e. The summed E-state index contributed by atoms with van der Waals surface area (Å²) in [4.78, 5) is 4.37. The van der Waals surface area contributed by atoms with Crippen LogP contribution in [0.15, 0.2) is 29.3 Å². The first kappa shape index (κ1) is 12.5. The summed E-state index contributed by atoms with van der Waals surface area (Å²) in [6, 6.07) is 7.20. The van der Waals surface area contributed by atoms with Gasteiger partial charge in [0, 0.05) is 18.5 Å². The standard InChI is InChI=1S/C15H20FN3/c16-13-7-2-1-6-11(13)12-8-14(12)19-15(17)18-9-10-4-3-5-10/h1-2,6-7,10,12,14H,3-5,8-9H2,(H3,17,18,19). The zero-order valence-corrected chi connectivity index (χ0v) is 11.0. The van der Waals surface area contributed by atoms with Gasteiger partial charge in [0.25, 0.3) is 0 Å². The predicted molar refractivity (Wildman–Crippen MR) is 74.5 cm³/mol. The average Bonchev–Trinajstić information content (AvgIpc) is 3.06. The number of nitrogens with zero attached hydrogens (tertiary/aromatic N) is 1. The number of aliphatic imine (C=N–C) groups is 1. The molecular formula is C15H20FN3. The molecule has 1 aromatic carbocycles. The van der Waals surface area contributed by atoms with E-state index in [-0.39, 0.29) is 17.8 Å². The van der Waals surface area contributed by atoms with Crippen LogP contribution in [0.2, 0.25) is 0 Å². The lowest BCUT2D eigenvalue weighted by Gasteiger charge is -2.23. The fourth-order valence-corrected chi connectivity index (χ4v) is 2.61. The summed E-state index contributed by atoms with van der Waals surface area (Å²) in [7, 11) is 0. The minimum absolute atomic E-state index is 0.123. The molecule has 0 aromatic heterocycles. The molecule has 0 saturated heterocycles. The summed E-state index contributed by atoms with van der Waals surface area (Å²) in [5.74, 6) is 1.35. The summed E-state index contributed by atoms with van der Waals surface area (Å²) < 4.78 is 13.6. The van der Waals surface area contributed by atoms with Crippen molar-refractivity contribution in [2.75, 3.05) is 6.54 Å². The highest BCUT2D eigenvalue weighted by Crippen LogP contribution is 2.41. The van der Waals surface area contributed by atoms with Gasteiger partial charge in [0.2, 0.25) is 0 Å². The molecular weight excluding hydrogens is 241 g/mol. The van der Waals surface area contributed by atoms with Crippen molar-refractivity contribution >= 4 is 5.96 Å². The van der Waals surface area contributed by atoms with Crippen molar-refractivity contribution in [1.82, 2.24) is 5.32 Å². The minimum atomic E-state index is -0.123. The third-order valence-corrected chi connectivity index (χ3v) is 4.17. The van der Waals surface area contributed by atoms with E-state index in [2.05, 4.69) is 10.3 Å². The van der Waals surface area contributed by atoms with Gasteiger partial charge in [-0.1, -0.05) is 24.6 Å². The van der Waals surface area contributed by atoms with Crippen molar-refractivity contribution in [2.24, 2.45) is 16.6 Å². The highest BCUT2D eigenvalue weighted by Gasteiger charge is 2.40. The van der Waals surface area contributed by atoms with E-state index in [9.17, 15) is 4.39 Å². The Balaban J connectivity index is 1.51. The first-order valence-electron chi connectivity index (χ1n) is 7.05. The molecule has 2 atom stereocenters. The molecule has 2 fully saturated rings. The summed E-state index contributed by atoms with van der Waals surface area (Å²) in [5.41, 5.74) is 6.65. The SMILES string of the molecule is NC(=NCC1CCC1)NC1CC1c1ccccc1F. The number of hydrogen-bond donors (Lipinski definition) is 2. The molecule has 2 saturated carbocycles. The van der Waals surface area contributed by atoms with Crippen molar-refractivity contribution in [3.63, 3.8) is 0 Å². The van der Waals surface area contributed by atoms with Gasteiger partial charge in [0.05, 0.1) is 0 Å². The van der Waals surface area contributed by atoms with Crippen molar-refractivity contribution in [1.29, 1.82) is 0 Å². The molecule has 4 heteroatoms. The van der Waals surface area contributed by atoms with Gasteiger partial charge in [-0.05, 0) is 36.8 Å². The van der Waals surface area contributed by atoms with E-state index in [1.807, 2.05) is 12.1 Å². The monoisotopic (exact) mass is 261 g/mol. The first-order valence-corrected chi connectivity index (χ1v) is 7.05. The second kappa shape index (κ2) is 5.19. The molecule has 102 valence electrons. The highest BCUT2D eigenvalue weighted by molar-refractivity contribution is 5.78. The first-order chi connectivity index (χ1) is 9.24. The van der Waals surface area contributed by atoms with E-state index < -0.39 is 0 Å². The average molecular weight is 261 g/mol. The highest BCUT2D eigenvalue weighted by atomic mass is 19.1. The Kier molecular flexibility index (Phi) is 3.40.